The van der Waals surface area contributed by atoms with Crippen LogP contribution in [-0.4, -0.2) is 11.6 Å². The first kappa shape index (κ1) is 28.8. The molecule has 208 valence electrons. The molecule has 2 aliphatic rings. The Bertz CT molecular complexity index is 1000. The van der Waals surface area contributed by atoms with Crippen molar-refractivity contribution in [2.45, 2.75) is 116 Å². The molecule has 0 amide bonds. The number of halogens is 2. The predicted molar refractivity (Wildman–Crippen MR) is 153 cm³/mol. The van der Waals surface area contributed by atoms with Crippen LogP contribution in [0.3, 0.4) is 0 Å². The van der Waals surface area contributed by atoms with Gasteiger partial charge < -0.3 is 4.74 Å². The first-order valence-corrected chi connectivity index (χ1v) is 15.3. The van der Waals surface area contributed by atoms with E-state index < -0.39 is 11.6 Å². The zero-order chi connectivity index (χ0) is 26.7. The van der Waals surface area contributed by atoms with Crippen molar-refractivity contribution in [2.24, 2.45) is 11.8 Å². The molecule has 0 unspecified atom stereocenters. The maximum atomic E-state index is 14.8. The quantitative estimate of drug-likeness (QED) is 0.204. The Hall–Kier alpha value is -2.23. The third kappa shape index (κ3) is 7.90. The van der Waals surface area contributed by atoms with Gasteiger partial charge in [0.05, 0.1) is 6.61 Å². The summed E-state index contributed by atoms with van der Waals surface area (Å²) in [7, 11) is 0. The molecule has 4 rings (SSSR count). The van der Waals surface area contributed by atoms with Crippen LogP contribution in [0, 0.1) is 23.5 Å². The third-order valence-corrected chi connectivity index (χ3v) is 8.87. The molecule has 4 heteroatoms. The number of aryl methyl sites for hydroxylation is 1. The van der Waals surface area contributed by atoms with Crippen LogP contribution in [0.5, 0.6) is 5.75 Å². The maximum Gasteiger partial charge on any atom is 0.200 e. The Morgan fingerprint density at radius 2 is 1.63 bits per heavy atom. The van der Waals surface area contributed by atoms with Crippen molar-refractivity contribution < 1.29 is 13.5 Å². The molecule has 1 aromatic heterocycles. The summed E-state index contributed by atoms with van der Waals surface area (Å²) >= 11 is 0. The van der Waals surface area contributed by atoms with E-state index in [4.69, 9.17) is 4.74 Å². The van der Waals surface area contributed by atoms with Gasteiger partial charge in [0.1, 0.15) is 0 Å². The Kier molecular flexibility index (Phi) is 11.2. The van der Waals surface area contributed by atoms with Crippen LogP contribution in [0.4, 0.5) is 8.78 Å². The van der Waals surface area contributed by atoms with E-state index in [1.54, 1.807) is 12.1 Å². The van der Waals surface area contributed by atoms with Crippen molar-refractivity contribution in [2.75, 3.05) is 6.61 Å². The van der Waals surface area contributed by atoms with E-state index in [-0.39, 0.29) is 11.7 Å². The molecule has 2 nitrogen and oxygen atoms in total. The monoisotopic (exact) mass is 523 g/mol. The molecule has 2 aromatic rings. The molecule has 1 aromatic carbocycles. The van der Waals surface area contributed by atoms with Gasteiger partial charge in [-0.15, -0.1) is 0 Å². The second kappa shape index (κ2) is 14.8. The number of hydrogen-bond acceptors (Lipinski definition) is 2. The van der Waals surface area contributed by atoms with E-state index in [1.165, 1.54) is 43.4 Å². The molecule has 2 aliphatic carbocycles. The summed E-state index contributed by atoms with van der Waals surface area (Å²) in [5, 5.41) is 0. The van der Waals surface area contributed by atoms with Gasteiger partial charge in [0, 0.05) is 11.9 Å². The minimum atomic E-state index is -0.818. The van der Waals surface area contributed by atoms with Crippen molar-refractivity contribution in [3.63, 3.8) is 0 Å². The third-order valence-electron chi connectivity index (χ3n) is 8.87. The highest BCUT2D eigenvalue weighted by Crippen LogP contribution is 2.40. The average Bonchev–Trinajstić information content (AvgIpc) is 2.95. The normalized spacial score (nSPS) is 24.1. The van der Waals surface area contributed by atoms with Gasteiger partial charge in [0.15, 0.2) is 11.6 Å². The first-order chi connectivity index (χ1) is 18.6. The van der Waals surface area contributed by atoms with Gasteiger partial charge in [-0.2, -0.15) is 4.39 Å². The molecule has 0 bridgehead atoms. The summed E-state index contributed by atoms with van der Waals surface area (Å²) in [6, 6.07) is 7.89. The van der Waals surface area contributed by atoms with Crippen molar-refractivity contribution in [1.29, 1.82) is 0 Å². The lowest BCUT2D eigenvalue weighted by molar-refractivity contribution is 0.283. The molecule has 0 spiro atoms. The standard InChI is InChI=1S/C34H47F2NO/c1-3-5-23-38-32-22-21-31(33(35)34(32)36)28-17-13-26(14-18-28)10-7-6-9-25-11-15-27(16-12-25)29-19-20-30(8-4-2)37-24-29/h6,9,19-22,24-28H,3-5,7-8,10-18,23H2,1-2H3/b9-6+. The lowest BCUT2D eigenvalue weighted by atomic mass is 9.76. The van der Waals surface area contributed by atoms with Gasteiger partial charge in [-0.25, -0.2) is 4.39 Å². The summed E-state index contributed by atoms with van der Waals surface area (Å²) < 4.78 is 34.7. The molecule has 2 saturated carbocycles. The Morgan fingerprint density at radius 1 is 0.868 bits per heavy atom. The molecule has 2 fully saturated rings. The van der Waals surface area contributed by atoms with Crippen molar-refractivity contribution in [3.05, 3.63) is 71.1 Å². The minimum Gasteiger partial charge on any atom is -0.490 e. The first-order valence-electron chi connectivity index (χ1n) is 15.3. The van der Waals surface area contributed by atoms with Crippen LogP contribution < -0.4 is 4.74 Å². The summed E-state index contributed by atoms with van der Waals surface area (Å²) in [6.07, 6.45) is 22.5. The highest BCUT2D eigenvalue weighted by Gasteiger charge is 2.26. The number of allylic oxidation sites excluding steroid dienone is 2. The van der Waals surface area contributed by atoms with E-state index >= 15 is 0 Å². The lowest BCUT2D eigenvalue weighted by Crippen LogP contribution is -2.15. The molecule has 1 heterocycles. The molecule has 0 radical (unpaired) electrons. The highest BCUT2D eigenvalue weighted by molar-refractivity contribution is 5.33. The molecular weight excluding hydrogens is 476 g/mol. The zero-order valence-electron chi connectivity index (χ0n) is 23.6. The Morgan fingerprint density at radius 3 is 2.32 bits per heavy atom. The predicted octanol–water partition coefficient (Wildman–Crippen LogP) is 10.1. The van der Waals surface area contributed by atoms with E-state index in [9.17, 15) is 8.78 Å². The summed E-state index contributed by atoms with van der Waals surface area (Å²) in [5.74, 6) is 0.717. The Labute approximate surface area is 229 Å². The fourth-order valence-corrected chi connectivity index (χ4v) is 6.41. The smallest absolute Gasteiger partial charge is 0.200 e. The number of aromatic nitrogens is 1. The summed E-state index contributed by atoms with van der Waals surface area (Å²) in [5.41, 5.74) is 3.16. The van der Waals surface area contributed by atoms with Crippen LogP contribution in [-0.2, 0) is 6.42 Å². The maximum absolute atomic E-state index is 14.8. The van der Waals surface area contributed by atoms with Gasteiger partial charge >= 0.3 is 0 Å². The van der Waals surface area contributed by atoms with E-state index in [0.717, 1.165) is 57.8 Å². The number of hydrogen-bond donors (Lipinski definition) is 0. The fraction of sp³-hybridized carbons (Fsp3) is 0.618. The van der Waals surface area contributed by atoms with Crippen LogP contribution in [0.15, 0.2) is 42.6 Å². The zero-order valence-corrected chi connectivity index (χ0v) is 23.6. The molecule has 0 atom stereocenters. The molecule has 0 aliphatic heterocycles. The fourth-order valence-electron chi connectivity index (χ4n) is 6.41. The highest BCUT2D eigenvalue weighted by atomic mass is 19.2. The van der Waals surface area contributed by atoms with Crippen molar-refractivity contribution in [1.82, 2.24) is 4.98 Å². The van der Waals surface area contributed by atoms with Gasteiger partial charge in [-0.1, -0.05) is 51.0 Å². The number of nitrogens with zero attached hydrogens (tertiary/aromatic N) is 1. The van der Waals surface area contributed by atoms with Gasteiger partial charge in [-0.05, 0) is 124 Å². The van der Waals surface area contributed by atoms with Gasteiger partial charge in [0.25, 0.3) is 0 Å². The summed E-state index contributed by atoms with van der Waals surface area (Å²) in [4.78, 5) is 4.66. The largest absolute Gasteiger partial charge is 0.490 e. The lowest BCUT2D eigenvalue weighted by Gasteiger charge is -2.29. The number of rotatable bonds is 12. The van der Waals surface area contributed by atoms with Gasteiger partial charge in [0.2, 0.25) is 5.82 Å². The second-order valence-electron chi connectivity index (χ2n) is 11.7. The van der Waals surface area contributed by atoms with E-state index in [1.807, 2.05) is 6.92 Å². The van der Waals surface area contributed by atoms with Crippen molar-refractivity contribution in [3.8, 4) is 5.75 Å². The SMILES string of the molecule is CCCCOc1ccc(C2CCC(CC/C=C/C3CCC(c4ccc(CCC)nc4)CC3)CC2)c(F)c1F. The van der Waals surface area contributed by atoms with E-state index in [0.29, 0.717) is 29.9 Å². The molecule has 0 N–H and O–H groups in total. The van der Waals surface area contributed by atoms with Crippen LogP contribution >= 0.6 is 0 Å². The van der Waals surface area contributed by atoms with E-state index in [2.05, 4.69) is 42.4 Å². The number of unbranched alkanes of at least 4 members (excludes halogenated alkanes) is 1. The van der Waals surface area contributed by atoms with Crippen molar-refractivity contribution >= 4 is 0 Å². The van der Waals surface area contributed by atoms with Gasteiger partial charge in [-0.3, -0.25) is 4.98 Å². The molecule has 0 saturated heterocycles. The summed E-state index contributed by atoms with van der Waals surface area (Å²) in [6.45, 7) is 4.68. The van der Waals surface area contributed by atoms with Crippen LogP contribution in [0.25, 0.3) is 0 Å². The number of ether oxygens (including phenoxy) is 1. The Balaban J connectivity index is 1.15. The molecular formula is C34H47F2NO. The molecule has 38 heavy (non-hydrogen) atoms. The average molecular weight is 524 g/mol. The van der Waals surface area contributed by atoms with Crippen LogP contribution in [0.1, 0.15) is 126 Å². The number of benzene rings is 1. The number of pyridine rings is 1. The topological polar surface area (TPSA) is 22.1 Å². The second-order valence-corrected chi connectivity index (χ2v) is 11.7. The minimum absolute atomic E-state index is 0.0479. The van der Waals surface area contributed by atoms with Crippen LogP contribution in [0.2, 0.25) is 0 Å².